The minimum atomic E-state index is 0.334. The van der Waals surface area contributed by atoms with Crippen LogP contribution in [0.15, 0.2) is 30.3 Å². The highest BCUT2D eigenvalue weighted by Crippen LogP contribution is 2.48. The van der Waals surface area contributed by atoms with E-state index < -0.39 is 0 Å². The number of aryl methyl sites for hydroxylation is 1. The smallest absolute Gasteiger partial charge is 0.145 e. The minimum absolute atomic E-state index is 0.334. The number of nitrogens with two attached hydrogens (primary N) is 1. The van der Waals surface area contributed by atoms with Crippen LogP contribution in [-0.4, -0.2) is 18.1 Å². The summed E-state index contributed by atoms with van der Waals surface area (Å²) in [6.07, 6.45) is 3.53. The van der Waals surface area contributed by atoms with Gasteiger partial charge in [0, 0.05) is 16.5 Å². The molecule has 0 spiro atoms. The predicted molar refractivity (Wildman–Crippen MR) is 77.3 cm³/mol. The molecule has 2 aromatic rings. The van der Waals surface area contributed by atoms with Gasteiger partial charge in [-0.25, -0.2) is 4.98 Å². The second-order valence-corrected chi connectivity index (χ2v) is 5.61. The molecule has 1 fully saturated rings. The van der Waals surface area contributed by atoms with Crippen molar-refractivity contribution in [3.05, 3.63) is 36.0 Å². The molecule has 1 aliphatic rings. The van der Waals surface area contributed by atoms with Gasteiger partial charge in [0.15, 0.2) is 0 Å². The molecule has 0 unspecified atom stereocenters. The fraction of sp³-hybridized carbons (Fsp3) is 0.438. The van der Waals surface area contributed by atoms with Crippen LogP contribution in [0, 0.1) is 12.3 Å². The van der Waals surface area contributed by atoms with Crippen molar-refractivity contribution in [3.63, 3.8) is 0 Å². The third-order valence-electron chi connectivity index (χ3n) is 3.99. The maximum Gasteiger partial charge on any atom is 0.145 e. The first kappa shape index (κ1) is 12.4. The van der Waals surface area contributed by atoms with Crippen molar-refractivity contribution >= 4 is 10.9 Å². The van der Waals surface area contributed by atoms with Crippen molar-refractivity contribution < 1.29 is 4.74 Å². The molecule has 1 saturated carbocycles. The second-order valence-electron chi connectivity index (χ2n) is 5.61. The van der Waals surface area contributed by atoms with E-state index in [0.29, 0.717) is 5.41 Å². The first-order valence-electron chi connectivity index (χ1n) is 6.92. The number of aromatic nitrogens is 1. The molecule has 100 valence electrons. The highest BCUT2D eigenvalue weighted by Gasteiger charge is 2.42. The number of rotatable bonds is 5. The average Bonchev–Trinajstić information content (AvgIpc) is 3.17. The molecule has 0 amide bonds. The van der Waals surface area contributed by atoms with Gasteiger partial charge >= 0.3 is 0 Å². The van der Waals surface area contributed by atoms with E-state index in [1.807, 2.05) is 25.1 Å². The largest absolute Gasteiger partial charge is 0.491 e. The van der Waals surface area contributed by atoms with Crippen molar-refractivity contribution in [2.75, 3.05) is 13.2 Å². The van der Waals surface area contributed by atoms with E-state index in [1.54, 1.807) is 0 Å². The van der Waals surface area contributed by atoms with Gasteiger partial charge in [-0.15, -0.1) is 0 Å². The summed E-state index contributed by atoms with van der Waals surface area (Å²) in [6, 6.07) is 10.2. The lowest BCUT2D eigenvalue weighted by molar-refractivity contribution is 0.229. The Morgan fingerprint density at radius 3 is 2.84 bits per heavy atom. The lowest BCUT2D eigenvalue weighted by atomic mass is 10.0. The molecule has 0 aliphatic heterocycles. The first-order valence-corrected chi connectivity index (χ1v) is 6.92. The third kappa shape index (κ3) is 2.56. The first-order chi connectivity index (χ1) is 9.22. The Hall–Kier alpha value is -1.61. The summed E-state index contributed by atoms with van der Waals surface area (Å²) in [4.78, 5) is 4.59. The number of pyridine rings is 1. The number of hydrogen-bond donors (Lipinski definition) is 1. The van der Waals surface area contributed by atoms with Crippen molar-refractivity contribution in [1.82, 2.24) is 4.98 Å². The molecule has 2 N–H and O–H groups in total. The molecule has 19 heavy (non-hydrogen) atoms. The Labute approximate surface area is 113 Å². The van der Waals surface area contributed by atoms with E-state index >= 15 is 0 Å². The molecule has 0 bridgehead atoms. The lowest BCUT2D eigenvalue weighted by Gasteiger charge is -2.16. The van der Waals surface area contributed by atoms with Crippen LogP contribution >= 0.6 is 0 Å². The van der Waals surface area contributed by atoms with E-state index in [0.717, 1.165) is 41.9 Å². The number of ether oxygens (including phenoxy) is 1. The van der Waals surface area contributed by atoms with Gasteiger partial charge in [0.25, 0.3) is 0 Å². The predicted octanol–water partition coefficient (Wildman–Crippen LogP) is 3.05. The SMILES string of the molecule is Cc1ccc2cccc(OCC3(CCN)CC3)c2n1. The van der Waals surface area contributed by atoms with Gasteiger partial charge in [-0.1, -0.05) is 18.2 Å². The van der Waals surface area contributed by atoms with Crippen LogP contribution in [0.2, 0.25) is 0 Å². The van der Waals surface area contributed by atoms with Gasteiger partial charge in [0.2, 0.25) is 0 Å². The van der Waals surface area contributed by atoms with Crippen LogP contribution in [0.4, 0.5) is 0 Å². The minimum Gasteiger partial charge on any atom is -0.491 e. The Kier molecular flexibility index (Phi) is 3.15. The Bertz CT molecular complexity index is 590. The Balaban J connectivity index is 1.83. The molecule has 1 aromatic carbocycles. The summed E-state index contributed by atoms with van der Waals surface area (Å²) in [5.74, 6) is 0.893. The summed E-state index contributed by atoms with van der Waals surface area (Å²) in [5, 5.41) is 1.13. The molecule has 0 radical (unpaired) electrons. The van der Waals surface area contributed by atoms with E-state index in [2.05, 4.69) is 17.1 Å². The maximum atomic E-state index is 6.04. The monoisotopic (exact) mass is 256 g/mol. The van der Waals surface area contributed by atoms with Gasteiger partial charge in [-0.2, -0.15) is 0 Å². The van der Waals surface area contributed by atoms with Crippen LogP contribution < -0.4 is 10.5 Å². The van der Waals surface area contributed by atoms with Crippen molar-refractivity contribution in [1.29, 1.82) is 0 Å². The summed E-state index contributed by atoms with van der Waals surface area (Å²) in [6.45, 7) is 3.52. The van der Waals surface area contributed by atoms with E-state index in [-0.39, 0.29) is 0 Å². The molecule has 0 saturated heterocycles. The van der Waals surface area contributed by atoms with Gasteiger partial charge in [0.05, 0.1) is 6.61 Å². The Morgan fingerprint density at radius 2 is 2.11 bits per heavy atom. The second kappa shape index (κ2) is 4.82. The summed E-state index contributed by atoms with van der Waals surface area (Å²) in [7, 11) is 0. The van der Waals surface area contributed by atoms with E-state index in [1.165, 1.54) is 12.8 Å². The van der Waals surface area contributed by atoms with Gasteiger partial charge < -0.3 is 10.5 Å². The maximum absolute atomic E-state index is 6.04. The van der Waals surface area contributed by atoms with Crippen LogP contribution in [0.5, 0.6) is 5.75 Å². The van der Waals surface area contributed by atoms with Crippen molar-refractivity contribution in [3.8, 4) is 5.75 Å². The number of fused-ring (bicyclic) bond motifs is 1. The zero-order valence-electron chi connectivity index (χ0n) is 11.4. The highest BCUT2D eigenvalue weighted by atomic mass is 16.5. The van der Waals surface area contributed by atoms with E-state index in [9.17, 15) is 0 Å². The standard InChI is InChI=1S/C16H20N2O/c1-12-5-6-13-3-2-4-14(15(13)18-12)19-11-16(7-8-16)9-10-17/h2-6H,7-11,17H2,1H3. The molecular formula is C16H20N2O. The van der Waals surface area contributed by atoms with Crippen LogP contribution in [0.25, 0.3) is 10.9 Å². The highest BCUT2D eigenvalue weighted by molar-refractivity contribution is 5.84. The normalized spacial score (nSPS) is 16.5. The summed E-state index contributed by atoms with van der Waals surface area (Å²) < 4.78 is 6.04. The topological polar surface area (TPSA) is 48.1 Å². The molecular weight excluding hydrogens is 236 g/mol. The molecule has 3 nitrogen and oxygen atoms in total. The number of nitrogens with zero attached hydrogens (tertiary/aromatic N) is 1. The molecule has 1 aliphatic carbocycles. The Morgan fingerprint density at radius 1 is 1.26 bits per heavy atom. The molecule has 0 atom stereocenters. The lowest BCUT2D eigenvalue weighted by Crippen LogP contribution is -2.17. The van der Waals surface area contributed by atoms with Gasteiger partial charge in [-0.3, -0.25) is 0 Å². The summed E-state index contributed by atoms with van der Waals surface area (Å²) >= 11 is 0. The zero-order valence-corrected chi connectivity index (χ0v) is 11.4. The number of hydrogen-bond acceptors (Lipinski definition) is 3. The summed E-state index contributed by atoms with van der Waals surface area (Å²) in [5.41, 5.74) is 7.98. The van der Waals surface area contributed by atoms with Gasteiger partial charge in [-0.05, 0) is 44.9 Å². The average molecular weight is 256 g/mol. The van der Waals surface area contributed by atoms with Crippen LogP contribution in [0.1, 0.15) is 25.0 Å². The fourth-order valence-corrected chi connectivity index (χ4v) is 2.51. The number of para-hydroxylation sites is 1. The fourth-order valence-electron chi connectivity index (χ4n) is 2.51. The van der Waals surface area contributed by atoms with Crippen LogP contribution in [0.3, 0.4) is 0 Å². The van der Waals surface area contributed by atoms with Crippen LogP contribution in [-0.2, 0) is 0 Å². The molecule has 1 aromatic heterocycles. The number of benzene rings is 1. The third-order valence-corrected chi connectivity index (χ3v) is 3.99. The van der Waals surface area contributed by atoms with E-state index in [4.69, 9.17) is 10.5 Å². The molecule has 3 heteroatoms. The quantitative estimate of drug-likeness (QED) is 0.894. The van der Waals surface area contributed by atoms with Crippen molar-refractivity contribution in [2.24, 2.45) is 11.1 Å². The van der Waals surface area contributed by atoms with Gasteiger partial charge in [0.1, 0.15) is 11.3 Å². The zero-order chi connectivity index (χ0) is 13.3. The molecule has 3 rings (SSSR count). The van der Waals surface area contributed by atoms with Crippen molar-refractivity contribution in [2.45, 2.75) is 26.2 Å². The molecule has 1 heterocycles.